The van der Waals surface area contributed by atoms with Gasteiger partial charge in [0.25, 0.3) is 0 Å². The molecule has 0 saturated carbocycles. The second kappa shape index (κ2) is 3.16. The summed E-state index contributed by atoms with van der Waals surface area (Å²) in [5.41, 5.74) is 7.98. The van der Waals surface area contributed by atoms with Gasteiger partial charge in [-0.25, -0.2) is 0 Å². The summed E-state index contributed by atoms with van der Waals surface area (Å²) in [6.07, 6.45) is 0. The third-order valence-corrected chi connectivity index (χ3v) is 2.59. The summed E-state index contributed by atoms with van der Waals surface area (Å²) in [4.78, 5) is 3.28. The zero-order chi connectivity index (χ0) is 9.42. The molecular weight excluding hydrogens is 228 g/mol. The van der Waals surface area contributed by atoms with E-state index in [-0.39, 0.29) is 6.04 Å². The average Bonchev–Trinajstić information content (AvgIpc) is 2.46. The van der Waals surface area contributed by atoms with Gasteiger partial charge in [-0.05, 0) is 31.2 Å². The van der Waals surface area contributed by atoms with E-state index in [0.717, 1.165) is 15.7 Å². The van der Waals surface area contributed by atoms with E-state index in [4.69, 9.17) is 5.73 Å². The quantitative estimate of drug-likeness (QED) is 0.789. The molecule has 2 rings (SSSR count). The first-order chi connectivity index (χ1) is 6.16. The normalized spacial score (nSPS) is 13.5. The van der Waals surface area contributed by atoms with Gasteiger partial charge in [-0.1, -0.05) is 15.9 Å². The first-order valence-electron chi connectivity index (χ1n) is 4.20. The second-order valence-corrected chi connectivity index (χ2v) is 4.16. The molecule has 13 heavy (non-hydrogen) atoms. The Morgan fingerprint density at radius 1 is 1.38 bits per heavy atom. The van der Waals surface area contributed by atoms with Crippen LogP contribution in [-0.2, 0) is 0 Å². The van der Waals surface area contributed by atoms with Crippen LogP contribution in [0.2, 0.25) is 0 Å². The fraction of sp³-hybridized carbons (Fsp3) is 0.200. The van der Waals surface area contributed by atoms with Crippen LogP contribution < -0.4 is 5.73 Å². The van der Waals surface area contributed by atoms with Gasteiger partial charge in [0, 0.05) is 27.1 Å². The number of aromatic nitrogens is 1. The smallest absolute Gasteiger partial charge is 0.0457 e. The van der Waals surface area contributed by atoms with Crippen molar-refractivity contribution in [1.82, 2.24) is 4.98 Å². The van der Waals surface area contributed by atoms with Crippen molar-refractivity contribution in [2.75, 3.05) is 0 Å². The van der Waals surface area contributed by atoms with Crippen molar-refractivity contribution in [3.8, 4) is 0 Å². The lowest BCUT2D eigenvalue weighted by Gasteiger charge is -1.98. The van der Waals surface area contributed by atoms with E-state index in [0.29, 0.717) is 0 Å². The Hall–Kier alpha value is -0.800. The highest BCUT2D eigenvalue weighted by Crippen LogP contribution is 2.22. The lowest BCUT2D eigenvalue weighted by atomic mass is 10.2. The topological polar surface area (TPSA) is 41.8 Å². The molecule has 0 radical (unpaired) electrons. The van der Waals surface area contributed by atoms with E-state index >= 15 is 0 Å². The maximum atomic E-state index is 5.77. The van der Waals surface area contributed by atoms with Crippen molar-refractivity contribution >= 4 is 26.8 Å². The lowest BCUT2D eigenvalue weighted by molar-refractivity contribution is 0.792. The van der Waals surface area contributed by atoms with Gasteiger partial charge in [-0.2, -0.15) is 0 Å². The number of hydrogen-bond donors (Lipinski definition) is 2. The van der Waals surface area contributed by atoms with Crippen LogP contribution in [0.3, 0.4) is 0 Å². The number of nitrogens with one attached hydrogen (secondary N) is 1. The van der Waals surface area contributed by atoms with Crippen LogP contribution in [0.25, 0.3) is 10.9 Å². The summed E-state index contributed by atoms with van der Waals surface area (Å²) >= 11 is 3.43. The van der Waals surface area contributed by atoms with E-state index in [1.54, 1.807) is 0 Å². The van der Waals surface area contributed by atoms with E-state index in [1.807, 2.05) is 19.1 Å². The third kappa shape index (κ3) is 1.62. The molecule has 0 aliphatic rings. The molecular formula is C10H11BrN2. The second-order valence-electron chi connectivity index (χ2n) is 3.24. The Morgan fingerprint density at radius 3 is 2.85 bits per heavy atom. The van der Waals surface area contributed by atoms with Crippen LogP contribution in [-0.4, -0.2) is 4.98 Å². The molecule has 1 aromatic carbocycles. The van der Waals surface area contributed by atoms with Crippen LogP contribution in [0.1, 0.15) is 18.7 Å². The molecule has 68 valence electrons. The first-order valence-corrected chi connectivity index (χ1v) is 5.00. The Kier molecular flexibility index (Phi) is 2.14. The van der Waals surface area contributed by atoms with Crippen LogP contribution in [0.15, 0.2) is 28.7 Å². The molecule has 0 aliphatic heterocycles. The number of nitrogens with two attached hydrogens (primary N) is 1. The van der Waals surface area contributed by atoms with Crippen LogP contribution in [0.4, 0.5) is 0 Å². The molecule has 1 unspecified atom stereocenters. The number of H-pyrrole nitrogens is 1. The zero-order valence-electron chi connectivity index (χ0n) is 7.34. The van der Waals surface area contributed by atoms with Gasteiger partial charge in [0.2, 0.25) is 0 Å². The van der Waals surface area contributed by atoms with E-state index < -0.39 is 0 Å². The SMILES string of the molecule is CC(N)c1cc2cc(Br)ccc2[nH]1. The number of hydrogen-bond acceptors (Lipinski definition) is 1. The molecule has 1 aromatic heterocycles. The fourth-order valence-electron chi connectivity index (χ4n) is 1.37. The van der Waals surface area contributed by atoms with Crippen LogP contribution in [0.5, 0.6) is 0 Å². The Labute approximate surface area is 85.3 Å². The van der Waals surface area contributed by atoms with Crippen molar-refractivity contribution in [3.63, 3.8) is 0 Å². The maximum absolute atomic E-state index is 5.77. The number of aromatic amines is 1. The molecule has 0 spiro atoms. The predicted molar refractivity (Wildman–Crippen MR) is 58.6 cm³/mol. The molecule has 0 aliphatic carbocycles. The average molecular weight is 239 g/mol. The van der Waals surface area contributed by atoms with E-state index in [2.05, 4.69) is 33.0 Å². The molecule has 0 fully saturated rings. The van der Waals surface area contributed by atoms with Crippen LogP contribution >= 0.6 is 15.9 Å². The minimum Gasteiger partial charge on any atom is -0.357 e. The number of halogens is 1. The molecule has 0 saturated heterocycles. The minimum atomic E-state index is 0.0613. The van der Waals surface area contributed by atoms with Crippen molar-refractivity contribution in [3.05, 3.63) is 34.4 Å². The van der Waals surface area contributed by atoms with E-state index in [1.165, 1.54) is 5.39 Å². The Morgan fingerprint density at radius 2 is 2.15 bits per heavy atom. The van der Waals surface area contributed by atoms with Gasteiger partial charge in [0.15, 0.2) is 0 Å². The van der Waals surface area contributed by atoms with Gasteiger partial charge in [0.1, 0.15) is 0 Å². The summed E-state index contributed by atoms with van der Waals surface area (Å²) in [6, 6.07) is 8.29. The first kappa shape index (κ1) is 8.78. The van der Waals surface area contributed by atoms with Gasteiger partial charge in [-0.3, -0.25) is 0 Å². The van der Waals surface area contributed by atoms with Crippen molar-refractivity contribution in [1.29, 1.82) is 0 Å². The van der Waals surface area contributed by atoms with Gasteiger partial charge < -0.3 is 10.7 Å². The zero-order valence-corrected chi connectivity index (χ0v) is 8.93. The lowest BCUT2D eigenvalue weighted by Crippen LogP contribution is -2.04. The van der Waals surface area contributed by atoms with Gasteiger partial charge in [-0.15, -0.1) is 0 Å². The molecule has 0 amide bonds. The predicted octanol–water partition coefficient (Wildman–Crippen LogP) is 2.95. The maximum Gasteiger partial charge on any atom is 0.0457 e. The molecule has 1 atom stereocenters. The highest BCUT2D eigenvalue weighted by molar-refractivity contribution is 9.10. The molecule has 0 bridgehead atoms. The number of fused-ring (bicyclic) bond motifs is 1. The standard InChI is InChI=1S/C10H11BrN2/c1-6(12)10-5-7-4-8(11)2-3-9(7)13-10/h2-6,13H,12H2,1H3. The van der Waals surface area contributed by atoms with Crippen molar-refractivity contribution in [2.45, 2.75) is 13.0 Å². The molecule has 2 aromatic rings. The minimum absolute atomic E-state index is 0.0613. The fourth-order valence-corrected chi connectivity index (χ4v) is 1.75. The summed E-state index contributed by atoms with van der Waals surface area (Å²) in [6.45, 7) is 1.97. The van der Waals surface area contributed by atoms with Crippen molar-refractivity contribution < 1.29 is 0 Å². The summed E-state index contributed by atoms with van der Waals surface area (Å²) in [5, 5.41) is 1.20. The molecule has 3 heteroatoms. The van der Waals surface area contributed by atoms with E-state index in [9.17, 15) is 0 Å². The van der Waals surface area contributed by atoms with Gasteiger partial charge >= 0.3 is 0 Å². The third-order valence-electron chi connectivity index (χ3n) is 2.09. The summed E-state index contributed by atoms with van der Waals surface area (Å²) in [7, 11) is 0. The van der Waals surface area contributed by atoms with Gasteiger partial charge in [0.05, 0.1) is 0 Å². The highest BCUT2D eigenvalue weighted by Gasteiger charge is 2.03. The largest absolute Gasteiger partial charge is 0.357 e. The number of rotatable bonds is 1. The molecule has 1 heterocycles. The monoisotopic (exact) mass is 238 g/mol. The van der Waals surface area contributed by atoms with Crippen LogP contribution in [0, 0.1) is 0 Å². The molecule has 3 N–H and O–H groups in total. The Balaban J connectivity index is 2.62. The highest BCUT2D eigenvalue weighted by atomic mass is 79.9. The summed E-state index contributed by atoms with van der Waals surface area (Å²) in [5.74, 6) is 0. The molecule has 2 nitrogen and oxygen atoms in total. The van der Waals surface area contributed by atoms with Crippen molar-refractivity contribution in [2.24, 2.45) is 5.73 Å². The summed E-state index contributed by atoms with van der Waals surface area (Å²) < 4.78 is 1.09. The Bertz CT molecular complexity index is 431. The number of benzene rings is 1.